The maximum atomic E-state index is 10.8. The van der Waals surface area contributed by atoms with Gasteiger partial charge in [-0.1, -0.05) is 17.7 Å². The monoisotopic (exact) mass is 254 g/mol. The smallest absolute Gasteiger partial charge is 0.187 e. The minimum Gasteiger partial charge on any atom is -0.292 e. The second kappa shape index (κ2) is 4.91. The summed E-state index contributed by atoms with van der Waals surface area (Å²) >= 11 is 3.05. The van der Waals surface area contributed by atoms with E-state index in [2.05, 4.69) is 26.5 Å². The summed E-state index contributed by atoms with van der Waals surface area (Å²) in [5, 5.41) is 3.86. The van der Waals surface area contributed by atoms with Gasteiger partial charge in [-0.05, 0) is 35.0 Å². The number of rotatable bonds is 3. The predicted molar refractivity (Wildman–Crippen MR) is 61.8 cm³/mol. The van der Waals surface area contributed by atoms with Crippen molar-refractivity contribution >= 4 is 32.0 Å². The molecule has 1 aromatic carbocycles. The molecule has 1 rings (SSSR count). The van der Waals surface area contributed by atoms with Gasteiger partial charge in [0.05, 0.1) is 5.69 Å². The Kier molecular flexibility index (Phi) is 3.83. The lowest BCUT2D eigenvalue weighted by molar-refractivity contribution is -0.110. The van der Waals surface area contributed by atoms with E-state index in [1.165, 1.54) is 12.5 Å². The summed E-state index contributed by atoms with van der Waals surface area (Å²) in [6, 6.07) is 7.75. The number of hydrogen-bond acceptors (Lipinski definition) is 3. The third-order valence-corrected chi connectivity index (χ3v) is 2.36. The summed E-state index contributed by atoms with van der Waals surface area (Å²) in [6.07, 6.45) is 0. The van der Waals surface area contributed by atoms with Crippen LogP contribution < -0.4 is 5.43 Å². The van der Waals surface area contributed by atoms with Gasteiger partial charge in [0.15, 0.2) is 10.4 Å². The van der Waals surface area contributed by atoms with Crippen LogP contribution in [0.1, 0.15) is 12.5 Å². The largest absolute Gasteiger partial charge is 0.292 e. The van der Waals surface area contributed by atoms with E-state index in [0.29, 0.717) is 0 Å². The van der Waals surface area contributed by atoms with E-state index >= 15 is 0 Å². The van der Waals surface area contributed by atoms with Gasteiger partial charge in [0, 0.05) is 6.92 Å². The number of hydrazone groups is 1. The lowest BCUT2D eigenvalue weighted by Crippen LogP contribution is -2.03. The minimum absolute atomic E-state index is 0.107. The van der Waals surface area contributed by atoms with E-state index in [4.69, 9.17) is 0 Å². The first kappa shape index (κ1) is 10.9. The molecule has 14 heavy (non-hydrogen) atoms. The van der Waals surface area contributed by atoms with Crippen LogP contribution in [0.5, 0.6) is 0 Å². The first-order valence-electron chi connectivity index (χ1n) is 4.16. The molecule has 0 aromatic heterocycles. The van der Waals surface area contributed by atoms with E-state index in [-0.39, 0.29) is 10.4 Å². The van der Waals surface area contributed by atoms with Crippen LogP contribution in [0.15, 0.2) is 29.4 Å². The average Bonchev–Trinajstić information content (AvgIpc) is 2.16. The third kappa shape index (κ3) is 3.30. The topological polar surface area (TPSA) is 41.5 Å². The number of nitrogens with one attached hydrogen (secondary N) is 1. The first-order chi connectivity index (χ1) is 6.59. The summed E-state index contributed by atoms with van der Waals surface area (Å²) in [5.74, 6) is -0.107. The summed E-state index contributed by atoms with van der Waals surface area (Å²) in [5.41, 5.74) is 4.81. The normalized spacial score (nSPS) is 11.2. The second-order valence-electron chi connectivity index (χ2n) is 2.94. The van der Waals surface area contributed by atoms with Crippen LogP contribution in [0, 0.1) is 6.92 Å². The second-order valence-corrected chi connectivity index (χ2v) is 3.69. The Bertz CT molecular complexity index is 357. The molecule has 0 unspecified atom stereocenters. The summed E-state index contributed by atoms with van der Waals surface area (Å²) in [4.78, 5) is 10.8. The van der Waals surface area contributed by atoms with Crippen molar-refractivity contribution in [2.75, 3.05) is 5.43 Å². The van der Waals surface area contributed by atoms with Gasteiger partial charge in [0.2, 0.25) is 0 Å². The summed E-state index contributed by atoms with van der Waals surface area (Å²) in [6.45, 7) is 3.46. The van der Waals surface area contributed by atoms with Crippen LogP contribution in [0.25, 0.3) is 0 Å². The van der Waals surface area contributed by atoms with Gasteiger partial charge >= 0.3 is 0 Å². The van der Waals surface area contributed by atoms with Crippen molar-refractivity contribution in [3.8, 4) is 0 Å². The highest BCUT2D eigenvalue weighted by atomic mass is 79.9. The fourth-order valence-electron chi connectivity index (χ4n) is 0.820. The van der Waals surface area contributed by atoms with Crippen molar-refractivity contribution < 1.29 is 4.79 Å². The van der Waals surface area contributed by atoms with Crippen molar-refractivity contribution in [3.63, 3.8) is 0 Å². The number of hydrogen-bond donors (Lipinski definition) is 1. The summed E-state index contributed by atoms with van der Waals surface area (Å²) < 4.78 is 0.290. The SMILES string of the molecule is CC(=O)/C(Br)=N\Nc1ccc(C)cc1. The molecule has 0 saturated heterocycles. The maximum absolute atomic E-state index is 10.8. The Balaban J connectivity index is 2.66. The van der Waals surface area contributed by atoms with Crippen LogP contribution in [0.2, 0.25) is 0 Å². The van der Waals surface area contributed by atoms with E-state index < -0.39 is 0 Å². The zero-order valence-electron chi connectivity index (χ0n) is 8.04. The highest BCUT2D eigenvalue weighted by Gasteiger charge is 1.99. The number of halogens is 1. The van der Waals surface area contributed by atoms with Gasteiger partial charge in [-0.2, -0.15) is 5.10 Å². The molecule has 1 aromatic rings. The Labute approximate surface area is 91.3 Å². The molecule has 0 bridgehead atoms. The molecule has 0 fully saturated rings. The van der Waals surface area contributed by atoms with E-state index in [1.807, 2.05) is 31.2 Å². The van der Waals surface area contributed by atoms with Crippen LogP contribution >= 0.6 is 15.9 Å². The minimum atomic E-state index is -0.107. The molecule has 0 radical (unpaired) electrons. The number of aryl methyl sites for hydroxylation is 1. The molecule has 0 aliphatic heterocycles. The Hall–Kier alpha value is -1.16. The molecule has 0 aliphatic carbocycles. The molecule has 74 valence electrons. The van der Waals surface area contributed by atoms with Gasteiger partial charge in [-0.15, -0.1) is 0 Å². The molecular weight excluding hydrogens is 244 g/mol. The highest BCUT2D eigenvalue weighted by molar-refractivity contribution is 9.19. The number of anilines is 1. The van der Waals surface area contributed by atoms with Gasteiger partial charge in [0.25, 0.3) is 0 Å². The first-order valence-corrected chi connectivity index (χ1v) is 4.95. The number of benzene rings is 1. The van der Waals surface area contributed by atoms with Crippen LogP contribution in [0.3, 0.4) is 0 Å². The van der Waals surface area contributed by atoms with Crippen molar-refractivity contribution in [1.29, 1.82) is 0 Å². The number of nitrogens with zero attached hydrogens (tertiary/aromatic N) is 1. The van der Waals surface area contributed by atoms with Gasteiger partial charge in [0.1, 0.15) is 0 Å². The molecule has 0 heterocycles. The zero-order valence-corrected chi connectivity index (χ0v) is 9.63. The lowest BCUT2D eigenvalue weighted by atomic mass is 10.2. The third-order valence-electron chi connectivity index (χ3n) is 1.63. The highest BCUT2D eigenvalue weighted by Crippen LogP contribution is 2.08. The fourth-order valence-corrected chi connectivity index (χ4v) is 0.909. The molecule has 0 spiro atoms. The lowest BCUT2D eigenvalue weighted by Gasteiger charge is -2.00. The number of carbonyl (C=O) groups excluding carboxylic acids is 1. The predicted octanol–water partition coefficient (Wildman–Crippen LogP) is 2.70. The van der Waals surface area contributed by atoms with Gasteiger partial charge in [-0.25, -0.2) is 0 Å². The van der Waals surface area contributed by atoms with Crippen molar-refractivity contribution in [2.45, 2.75) is 13.8 Å². The van der Waals surface area contributed by atoms with E-state index in [9.17, 15) is 4.79 Å². The standard InChI is InChI=1S/C10H11BrN2O/c1-7-3-5-9(6-4-7)12-13-10(11)8(2)14/h3-6,12H,1-2H3/b13-10+. The number of ketones is 1. The van der Waals surface area contributed by atoms with E-state index in [0.717, 1.165) is 5.69 Å². The molecule has 0 amide bonds. The molecular formula is C10H11BrN2O. The molecule has 0 saturated carbocycles. The van der Waals surface area contributed by atoms with Gasteiger partial charge in [-0.3, -0.25) is 10.2 Å². The number of Topliss-reactive ketones (excluding diaryl/α,β-unsaturated/α-hetero) is 1. The Morgan fingerprint density at radius 3 is 2.43 bits per heavy atom. The molecule has 3 nitrogen and oxygen atoms in total. The van der Waals surface area contributed by atoms with Crippen LogP contribution in [0.4, 0.5) is 5.69 Å². The Morgan fingerprint density at radius 1 is 1.36 bits per heavy atom. The zero-order chi connectivity index (χ0) is 10.6. The number of carbonyl (C=O) groups is 1. The van der Waals surface area contributed by atoms with Crippen molar-refractivity contribution in [2.24, 2.45) is 5.10 Å². The van der Waals surface area contributed by atoms with Gasteiger partial charge < -0.3 is 0 Å². The van der Waals surface area contributed by atoms with Crippen molar-refractivity contribution in [3.05, 3.63) is 29.8 Å². The van der Waals surface area contributed by atoms with Crippen LogP contribution in [-0.2, 0) is 4.79 Å². The average molecular weight is 255 g/mol. The molecule has 1 N–H and O–H groups in total. The maximum Gasteiger partial charge on any atom is 0.187 e. The van der Waals surface area contributed by atoms with Crippen molar-refractivity contribution in [1.82, 2.24) is 0 Å². The van der Waals surface area contributed by atoms with Crippen LogP contribution in [-0.4, -0.2) is 10.4 Å². The summed E-state index contributed by atoms with van der Waals surface area (Å²) in [7, 11) is 0. The molecule has 4 heteroatoms. The quantitative estimate of drug-likeness (QED) is 0.666. The Morgan fingerprint density at radius 2 is 1.93 bits per heavy atom. The van der Waals surface area contributed by atoms with E-state index in [1.54, 1.807) is 0 Å². The fraction of sp³-hybridized carbons (Fsp3) is 0.200. The molecule has 0 atom stereocenters. The molecule has 0 aliphatic rings.